The average molecular weight is 514 g/mol. The Morgan fingerprint density at radius 1 is 1.17 bits per heavy atom. The van der Waals surface area contributed by atoms with Crippen molar-refractivity contribution in [2.75, 3.05) is 6.54 Å². The highest BCUT2D eigenvalue weighted by Gasteiger charge is 2.36. The molecule has 2 aromatic rings. The van der Waals surface area contributed by atoms with Crippen molar-refractivity contribution < 1.29 is 9.59 Å². The third kappa shape index (κ3) is 6.57. The van der Waals surface area contributed by atoms with Crippen LogP contribution in [-0.4, -0.2) is 29.3 Å². The number of nitriles is 1. The number of rotatable bonds is 10. The minimum absolute atomic E-state index is 0.00439. The first-order chi connectivity index (χ1) is 16.8. The van der Waals surface area contributed by atoms with Crippen molar-refractivity contribution >= 4 is 35.0 Å². The van der Waals surface area contributed by atoms with Gasteiger partial charge in [-0.05, 0) is 60.9 Å². The first-order valence-corrected chi connectivity index (χ1v) is 13.0. The maximum Gasteiger partial charge on any atom is 0.243 e. The van der Waals surface area contributed by atoms with E-state index in [9.17, 15) is 14.9 Å². The van der Waals surface area contributed by atoms with Crippen LogP contribution in [0.2, 0.25) is 10.0 Å². The molecule has 186 valence electrons. The molecule has 0 aliphatic carbocycles. The summed E-state index contributed by atoms with van der Waals surface area (Å²) in [6.45, 7) is 5.01. The van der Waals surface area contributed by atoms with Gasteiger partial charge in [-0.2, -0.15) is 5.26 Å². The molecule has 5 nitrogen and oxygen atoms in total. The molecule has 0 radical (unpaired) electrons. The minimum atomic E-state index is -0.567. The molecular weight excluding hydrogens is 481 g/mol. The largest absolute Gasteiger partial charge is 0.350 e. The maximum atomic E-state index is 13.0. The Morgan fingerprint density at radius 3 is 2.60 bits per heavy atom. The zero-order chi connectivity index (χ0) is 25.4. The maximum absolute atomic E-state index is 13.0. The van der Waals surface area contributed by atoms with Gasteiger partial charge in [0, 0.05) is 29.6 Å². The Labute approximate surface area is 218 Å². The van der Waals surface area contributed by atoms with E-state index in [0.717, 1.165) is 24.0 Å². The number of carbonyl (C=O) groups is 2. The molecule has 1 aliphatic heterocycles. The van der Waals surface area contributed by atoms with Crippen LogP contribution < -0.4 is 5.32 Å². The molecule has 2 aromatic carbocycles. The molecule has 0 bridgehead atoms. The van der Waals surface area contributed by atoms with Crippen LogP contribution in [0.5, 0.6) is 0 Å². The van der Waals surface area contributed by atoms with Gasteiger partial charge in [0.1, 0.15) is 6.04 Å². The smallest absolute Gasteiger partial charge is 0.243 e. The summed E-state index contributed by atoms with van der Waals surface area (Å²) in [6.07, 6.45) is 3.98. The van der Waals surface area contributed by atoms with E-state index in [1.165, 1.54) is 0 Å². The summed E-state index contributed by atoms with van der Waals surface area (Å²) in [7, 11) is 0. The molecule has 0 saturated carbocycles. The standard InChI is InChI=1S/C28H33Cl2N3O2/c1-20(2)28(19-31,22-9-4-3-5-10-22)15-7-6-12-26(34)33-16-8-11-25(33)27(35)32-18-21-17-23(29)13-14-24(21)30/h3-5,9-10,13-14,17,20,25H,6-8,11-12,15-16,18H2,1-2H3,(H,32,35)/t25-,28+/m1/s1. The topological polar surface area (TPSA) is 73.2 Å². The van der Waals surface area contributed by atoms with Crippen LogP contribution in [0.1, 0.15) is 63.5 Å². The molecule has 3 rings (SSSR count). The van der Waals surface area contributed by atoms with Crippen LogP contribution >= 0.6 is 23.2 Å². The van der Waals surface area contributed by atoms with Crippen LogP contribution in [0.4, 0.5) is 0 Å². The van der Waals surface area contributed by atoms with Crippen molar-refractivity contribution in [2.45, 2.75) is 70.4 Å². The van der Waals surface area contributed by atoms with Gasteiger partial charge in [0.15, 0.2) is 0 Å². The lowest BCUT2D eigenvalue weighted by Gasteiger charge is -2.31. The van der Waals surface area contributed by atoms with Crippen molar-refractivity contribution in [2.24, 2.45) is 5.92 Å². The monoisotopic (exact) mass is 513 g/mol. The number of halogens is 2. The molecule has 1 fully saturated rings. The normalized spacial score (nSPS) is 17.1. The molecule has 0 spiro atoms. The third-order valence-electron chi connectivity index (χ3n) is 7.02. The number of unbranched alkanes of at least 4 members (excludes halogenated alkanes) is 1. The zero-order valence-corrected chi connectivity index (χ0v) is 21.9. The van der Waals surface area contributed by atoms with E-state index < -0.39 is 11.5 Å². The van der Waals surface area contributed by atoms with Crippen LogP contribution in [0, 0.1) is 17.2 Å². The van der Waals surface area contributed by atoms with E-state index in [2.05, 4.69) is 25.2 Å². The highest BCUT2D eigenvalue weighted by atomic mass is 35.5. The number of nitrogens with one attached hydrogen (secondary N) is 1. The van der Waals surface area contributed by atoms with E-state index >= 15 is 0 Å². The van der Waals surface area contributed by atoms with Gasteiger partial charge in [-0.3, -0.25) is 9.59 Å². The van der Waals surface area contributed by atoms with Crippen molar-refractivity contribution in [3.05, 3.63) is 69.7 Å². The Balaban J connectivity index is 1.53. The van der Waals surface area contributed by atoms with Gasteiger partial charge in [0.05, 0.1) is 11.5 Å². The summed E-state index contributed by atoms with van der Waals surface area (Å²) < 4.78 is 0. The summed E-state index contributed by atoms with van der Waals surface area (Å²) in [6, 6.07) is 17.2. The molecule has 1 heterocycles. The van der Waals surface area contributed by atoms with Gasteiger partial charge >= 0.3 is 0 Å². The predicted octanol–water partition coefficient (Wildman–Crippen LogP) is 6.28. The first kappa shape index (κ1) is 27.0. The molecule has 7 heteroatoms. The van der Waals surface area contributed by atoms with E-state index in [1.807, 2.05) is 30.3 Å². The van der Waals surface area contributed by atoms with Gasteiger partial charge in [-0.1, -0.05) is 73.8 Å². The molecule has 2 amide bonds. The Hall–Kier alpha value is -2.55. The number of benzene rings is 2. The van der Waals surface area contributed by atoms with E-state index in [0.29, 0.717) is 42.3 Å². The number of nitrogens with zero attached hydrogens (tertiary/aromatic N) is 2. The van der Waals surface area contributed by atoms with E-state index in [4.69, 9.17) is 23.2 Å². The minimum Gasteiger partial charge on any atom is -0.350 e. The van der Waals surface area contributed by atoms with Crippen molar-refractivity contribution in [1.82, 2.24) is 10.2 Å². The Morgan fingerprint density at radius 2 is 1.91 bits per heavy atom. The summed E-state index contributed by atoms with van der Waals surface area (Å²) in [5.74, 6) is -0.0141. The summed E-state index contributed by atoms with van der Waals surface area (Å²) in [5.41, 5.74) is 1.20. The summed E-state index contributed by atoms with van der Waals surface area (Å²) in [4.78, 5) is 27.5. The first-order valence-electron chi connectivity index (χ1n) is 12.3. The Bertz CT molecular complexity index is 1070. The van der Waals surface area contributed by atoms with Gasteiger partial charge in [0.25, 0.3) is 0 Å². The van der Waals surface area contributed by atoms with Gasteiger partial charge in [-0.25, -0.2) is 0 Å². The molecule has 1 aliphatic rings. The lowest BCUT2D eigenvalue weighted by atomic mass is 9.69. The van der Waals surface area contributed by atoms with Crippen LogP contribution in [0.25, 0.3) is 0 Å². The van der Waals surface area contributed by atoms with Crippen molar-refractivity contribution in [3.63, 3.8) is 0 Å². The van der Waals surface area contributed by atoms with Crippen molar-refractivity contribution in [3.8, 4) is 6.07 Å². The van der Waals surface area contributed by atoms with Crippen LogP contribution in [-0.2, 0) is 21.5 Å². The molecule has 0 unspecified atom stereocenters. The lowest BCUT2D eigenvalue weighted by molar-refractivity contribution is -0.138. The quantitative estimate of drug-likeness (QED) is 0.380. The highest BCUT2D eigenvalue weighted by Crippen LogP contribution is 2.37. The van der Waals surface area contributed by atoms with Gasteiger partial charge in [-0.15, -0.1) is 0 Å². The van der Waals surface area contributed by atoms with Crippen molar-refractivity contribution in [1.29, 1.82) is 5.26 Å². The lowest BCUT2D eigenvalue weighted by Crippen LogP contribution is -2.45. The summed E-state index contributed by atoms with van der Waals surface area (Å²) in [5, 5.41) is 14.1. The second-order valence-electron chi connectivity index (χ2n) is 9.51. The molecule has 0 aromatic heterocycles. The average Bonchev–Trinajstić information content (AvgIpc) is 3.35. The second-order valence-corrected chi connectivity index (χ2v) is 10.4. The predicted molar refractivity (Wildman–Crippen MR) is 140 cm³/mol. The second kappa shape index (κ2) is 12.4. The van der Waals surface area contributed by atoms with E-state index in [-0.39, 0.29) is 24.3 Å². The molecular formula is C28H33Cl2N3O2. The van der Waals surface area contributed by atoms with Crippen LogP contribution in [0.3, 0.4) is 0 Å². The fourth-order valence-electron chi connectivity index (χ4n) is 4.89. The highest BCUT2D eigenvalue weighted by molar-refractivity contribution is 6.33. The van der Waals surface area contributed by atoms with E-state index in [1.54, 1.807) is 23.1 Å². The molecule has 35 heavy (non-hydrogen) atoms. The number of carbonyl (C=O) groups excluding carboxylic acids is 2. The molecule has 1 saturated heterocycles. The molecule has 2 atom stereocenters. The van der Waals surface area contributed by atoms with Crippen LogP contribution in [0.15, 0.2) is 48.5 Å². The Kier molecular flexibility index (Phi) is 9.60. The molecule has 1 N–H and O–H groups in total. The number of amides is 2. The third-order valence-corrected chi connectivity index (χ3v) is 7.63. The number of likely N-dealkylation sites (tertiary alicyclic amines) is 1. The number of hydrogen-bond acceptors (Lipinski definition) is 3. The van der Waals surface area contributed by atoms with Gasteiger partial charge < -0.3 is 10.2 Å². The SMILES string of the molecule is CC(C)[C@@](C#N)(CCCCC(=O)N1CCC[C@@H]1C(=O)NCc1cc(Cl)ccc1Cl)c1ccccc1. The number of hydrogen-bond donors (Lipinski definition) is 1. The fraction of sp³-hybridized carbons (Fsp3) is 0.464. The summed E-state index contributed by atoms with van der Waals surface area (Å²) >= 11 is 12.2. The fourth-order valence-corrected chi connectivity index (χ4v) is 5.27. The van der Waals surface area contributed by atoms with Gasteiger partial charge in [0.2, 0.25) is 11.8 Å². The zero-order valence-electron chi connectivity index (χ0n) is 20.4.